The van der Waals surface area contributed by atoms with Crippen molar-refractivity contribution in [3.8, 4) is 23.5 Å². The van der Waals surface area contributed by atoms with Crippen molar-refractivity contribution >= 4 is 0 Å². The minimum Gasteiger partial charge on any atom is -0.115 e. The normalized spacial score (nSPS) is 10.2. The standard InChI is InChI=1S/C20H22/c1-3-5-6-7-8-18-11-15-20(16-12-18)19-13-9-17(4-2)10-14-19/h2,9-16H,3,5-8H2,1H3. The molecule has 0 N–H and O–H groups in total. The number of aryl methyl sites for hydroxylation is 1. The average molecular weight is 262 g/mol. The molecule has 0 aliphatic rings. The maximum absolute atomic E-state index is 5.38. The lowest BCUT2D eigenvalue weighted by molar-refractivity contribution is 0.667. The van der Waals surface area contributed by atoms with Gasteiger partial charge in [0.2, 0.25) is 0 Å². The molecule has 0 aromatic heterocycles. The summed E-state index contributed by atoms with van der Waals surface area (Å²) in [4.78, 5) is 0. The van der Waals surface area contributed by atoms with Gasteiger partial charge in [0.05, 0.1) is 0 Å². The molecule has 0 aliphatic carbocycles. The van der Waals surface area contributed by atoms with E-state index in [1.165, 1.54) is 48.8 Å². The second kappa shape index (κ2) is 7.56. The van der Waals surface area contributed by atoms with Crippen LogP contribution >= 0.6 is 0 Å². The molecule has 0 bridgehead atoms. The van der Waals surface area contributed by atoms with Gasteiger partial charge in [-0.3, -0.25) is 0 Å². The van der Waals surface area contributed by atoms with E-state index < -0.39 is 0 Å². The van der Waals surface area contributed by atoms with Crippen molar-refractivity contribution in [3.05, 3.63) is 59.7 Å². The Morgan fingerprint density at radius 3 is 1.95 bits per heavy atom. The molecule has 102 valence electrons. The maximum atomic E-state index is 5.38. The molecule has 0 unspecified atom stereocenters. The van der Waals surface area contributed by atoms with Gasteiger partial charge in [0.25, 0.3) is 0 Å². The Kier molecular flexibility index (Phi) is 5.44. The quantitative estimate of drug-likeness (QED) is 0.479. The lowest BCUT2D eigenvalue weighted by Crippen LogP contribution is -1.86. The zero-order valence-electron chi connectivity index (χ0n) is 12.2. The third-order valence-electron chi connectivity index (χ3n) is 3.66. The van der Waals surface area contributed by atoms with Crippen LogP contribution in [0.3, 0.4) is 0 Å². The summed E-state index contributed by atoms with van der Waals surface area (Å²) in [5.41, 5.74) is 4.85. The fourth-order valence-corrected chi connectivity index (χ4v) is 2.38. The Balaban J connectivity index is 1.98. The van der Waals surface area contributed by atoms with Crippen LogP contribution in [0.25, 0.3) is 11.1 Å². The number of hydrogen-bond acceptors (Lipinski definition) is 0. The molecule has 2 aromatic rings. The zero-order chi connectivity index (χ0) is 14.2. The van der Waals surface area contributed by atoms with Crippen LogP contribution < -0.4 is 0 Å². The Hall–Kier alpha value is -2.00. The van der Waals surface area contributed by atoms with Gasteiger partial charge in [-0.05, 0) is 41.7 Å². The van der Waals surface area contributed by atoms with Gasteiger partial charge < -0.3 is 0 Å². The highest BCUT2D eigenvalue weighted by Crippen LogP contribution is 2.21. The summed E-state index contributed by atoms with van der Waals surface area (Å²) in [6, 6.07) is 17.1. The van der Waals surface area contributed by atoms with E-state index >= 15 is 0 Å². The monoisotopic (exact) mass is 262 g/mol. The molecule has 2 rings (SSSR count). The van der Waals surface area contributed by atoms with Gasteiger partial charge in [-0.15, -0.1) is 6.42 Å². The van der Waals surface area contributed by atoms with Crippen LogP contribution in [-0.4, -0.2) is 0 Å². The van der Waals surface area contributed by atoms with Crippen molar-refractivity contribution < 1.29 is 0 Å². The summed E-state index contributed by atoms with van der Waals surface area (Å²) in [6.07, 6.45) is 11.8. The molecule has 0 fully saturated rings. The molecule has 0 amide bonds. The van der Waals surface area contributed by atoms with Crippen molar-refractivity contribution in [2.75, 3.05) is 0 Å². The first-order valence-corrected chi connectivity index (χ1v) is 7.49. The van der Waals surface area contributed by atoms with E-state index in [0.717, 1.165) is 5.56 Å². The Bertz CT molecular complexity index is 552. The lowest BCUT2D eigenvalue weighted by atomic mass is 10.0. The highest BCUT2D eigenvalue weighted by atomic mass is 14.0. The Morgan fingerprint density at radius 1 is 0.800 bits per heavy atom. The van der Waals surface area contributed by atoms with E-state index in [0.29, 0.717) is 0 Å². The van der Waals surface area contributed by atoms with Gasteiger partial charge in [0.15, 0.2) is 0 Å². The number of rotatable bonds is 6. The molecule has 0 saturated heterocycles. The van der Waals surface area contributed by atoms with Crippen LogP contribution in [0.2, 0.25) is 0 Å². The van der Waals surface area contributed by atoms with Crippen molar-refractivity contribution in [2.45, 2.75) is 39.0 Å². The molecule has 0 saturated carbocycles. The molecule has 0 radical (unpaired) electrons. The van der Waals surface area contributed by atoms with Crippen molar-refractivity contribution in [3.63, 3.8) is 0 Å². The highest BCUT2D eigenvalue weighted by Gasteiger charge is 1.99. The van der Waals surface area contributed by atoms with Crippen molar-refractivity contribution in [1.82, 2.24) is 0 Å². The predicted octanol–water partition coefficient (Wildman–Crippen LogP) is 5.46. The van der Waals surface area contributed by atoms with Gasteiger partial charge >= 0.3 is 0 Å². The number of unbranched alkanes of at least 4 members (excludes halogenated alkanes) is 3. The fourth-order valence-electron chi connectivity index (χ4n) is 2.38. The number of benzene rings is 2. The maximum Gasteiger partial charge on any atom is 0.0243 e. The van der Waals surface area contributed by atoms with Gasteiger partial charge in [-0.2, -0.15) is 0 Å². The van der Waals surface area contributed by atoms with Gasteiger partial charge in [-0.1, -0.05) is 68.5 Å². The summed E-state index contributed by atoms with van der Waals surface area (Å²) in [6.45, 7) is 2.25. The fraction of sp³-hybridized carbons (Fsp3) is 0.300. The second-order valence-corrected chi connectivity index (χ2v) is 5.23. The minimum atomic E-state index is 0.932. The Labute approximate surface area is 122 Å². The highest BCUT2D eigenvalue weighted by molar-refractivity contribution is 5.64. The zero-order valence-corrected chi connectivity index (χ0v) is 12.2. The molecule has 0 nitrogen and oxygen atoms in total. The first-order chi connectivity index (χ1) is 9.83. The predicted molar refractivity (Wildman–Crippen MR) is 87.7 cm³/mol. The lowest BCUT2D eigenvalue weighted by Gasteiger charge is -2.05. The third kappa shape index (κ3) is 4.00. The number of terminal acetylenes is 1. The largest absolute Gasteiger partial charge is 0.115 e. The van der Waals surface area contributed by atoms with Crippen LogP contribution in [0.15, 0.2) is 48.5 Å². The molecule has 0 atom stereocenters. The first-order valence-electron chi connectivity index (χ1n) is 7.49. The molecule has 0 aliphatic heterocycles. The molecule has 20 heavy (non-hydrogen) atoms. The van der Waals surface area contributed by atoms with Crippen LogP contribution in [-0.2, 0) is 6.42 Å². The number of hydrogen-bond donors (Lipinski definition) is 0. The summed E-state index contributed by atoms with van der Waals surface area (Å²) in [5.74, 6) is 2.65. The van der Waals surface area contributed by atoms with E-state index in [1.807, 2.05) is 12.1 Å². The van der Waals surface area contributed by atoms with E-state index in [2.05, 4.69) is 49.2 Å². The van der Waals surface area contributed by atoms with Crippen LogP contribution in [0.4, 0.5) is 0 Å². The van der Waals surface area contributed by atoms with Crippen LogP contribution in [0, 0.1) is 12.3 Å². The molecule has 0 spiro atoms. The van der Waals surface area contributed by atoms with Crippen molar-refractivity contribution in [1.29, 1.82) is 0 Å². The summed E-state index contributed by atoms with van der Waals surface area (Å²) in [5, 5.41) is 0. The Morgan fingerprint density at radius 2 is 1.40 bits per heavy atom. The van der Waals surface area contributed by atoms with Gasteiger partial charge in [0.1, 0.15) is 0 Å². The van der Waals surface area contributed by atoms with E-state index in [-0.39, 0.29) is 0 Å². The van der Waals surface area contributed by atoms with Crippen LogP contribution in [0.5, 0.6) is 0 Å². The van der Waals surface area contributed by atoms with E-state index in [9.17, 15) is 0 Å². The topological polar surface area (TPSA) is 0 Å². The van der Waals surface area contributed by atoms with Gasteiger partial charge in [0, 0.05) is 5.56 Å². The first kappa shape index (κ1) is 14.4. The molecule has 0 heteroatoms. The van der Waals surface area contributed by atoms with E-state index in [4.69, 9.17) is 6.42 Å². The second-order valence-electron chi connectivity index (χ2n) is 5.23. The minimum absolute atomic E-state index is 0.932. The SMILES string of the molecule is C#Cc1ccc(-c2ccc(CCCCCC)cc2)cc1. The smallest absolute Gasteiger partial charge is 0.0243 e. The van der Waals surface area contributed by atoms with Crippen molar-refractivity contribution in [2.24, 2.45) is 0 Å². The summed E-state index contributed by atoms with van der Waals surface area (Å²) in [7, 11) is 0. The molecular formula is C20H22. The van der Waals surface area contributed by atoms with E-state index in [1.54, 1.807) is 0 Å². The molecular weight excluding hydrogens is 240 g/mol. The summed E-state index contributed by atoms with van der Waals surface area (Å²) < 4.78 is 0. The van der Waals surface area contributed by atoms with Crippen LogP contribution in [0.1, 0.15) is 43.7 Å². The third-order valence-corrected chi connectivity index (χ3v) is 3.66. The van der Waals surface area contributed by atoms with Gasteiger partial charge in [-0.25, -0.2) is 0 Å². The molecule has 2 aromatic carbocycles. The average Bonchev–Trinajstić information content (AvgIpc) is 2.52. The molecule has 0 heterocycles. The summed E-state index contributed by atoms with van der Waals surface area (Å²) >= 11 is 0.